The molecule has 0 radical (unpaired) electrons. The van der Waals surface area contributed by atoms with Crippen molar-refractivity contribution in [1.29, 1.82) is 0 Å². The molecule has 3 heterocycles. The molecule has 1 unspecified atom stereocenters. The predicted octanol–water partition coefficient (Wildman–Crippen LogP) is 2.31. The van der Waals surface area contributed by atoms with Crippen LogP contribution in [0.15, 0.2) is 24.3 Å². The molecule has 0 aliphatic carbocycles. The molecule has 18 heavy (non-hydrogen) atoms. The van der Waals surface area contributed by atoms with Crippen molar-refractivity contribution in [2.24, 2.45) is 5.73 Å². The van der Waals surface area contributed by atoms with E-state index in [1.54, 1.807) is 5.56 Å². The van der Waals surface area contributed by atoms with E-state index in [-0.39, 0.29) is 6.04 Å². The molecule has 2 heteroatoms. The summed E-state index contributed by atoms with van der Waals surface area (Å²) in [5.41, 5.74) is 9.28. The Balaban J connectivity index is 1.79. The van der Waals surface area contributed by atoms with Gasteiger partial charge in [0.05, 0.1) is 0 Å². The third kappa shape index (κ3) is 2.19. The third-order valence-corrected chi connectivity index (χ3v) is 4.84. The van der Waals surface area contributed by atoms with Crippen LogP contribution in [0.2, 0.25) is 0 Å². The van der Waals surface area contributed by atoms with Crippen LogP contribution in [0.4, 0.5) is 0 Å². The van der Waals surface area contributed by atoms with Crippen molar-refractivity contribution in [1.82, 2.24) is 4.90 Å². The Hall–Kier alpha value is -0.860. The zero-order valence-corrected chi connectivity index (χ0v) is 11.4. The number of piperidine rings is 3. The lowest BCUT2D eigenvalue weighted by molar-refractivity contribution is 0.0818. The molecule has 0 aromatic heterocycles. The van der Waals surface area contributed by atoms with Crippen LogP contribution < -0.4 is 5.73 Å². The van der Waals surface area contributed by atoms with E-state index in [4.69, 9.17) is 5.73 Å². The standard InChI is InChI=1S/C16H24N2/c1-13(17)12-14-2-4-15(5-3-14)16-6-9-18(10-7-16)11-8-16/h2-5,13H,6-12,17H2,1H3. The molecule has 3 aliphatic rings. The number of rotatable bonds is 3. The second-order valence-electron chi connectivity index (χ2n) is 6.25. The van der Waals surface area contributed by atoms with E-state index in [1.807, 2.05) is 0 Å². The highest BCUT2D eigenvalue weighted by molar-refractivity contribution is 5.31. The fourth-order valence-corrected chi connectivity index (χ4v) is 3.63. The van der Waals surface area contributed by atoms with Gasteiger partial charge in [0.25, 0.3) is 0 Å². The van der Waals surface area contributed by atoms with Gasteiger partial charge in [-0.15, -0.1) is 0 Å². The first kappa shape index (κ1) is 12.2. The highest BCUT2D eigenvalue weighted by Gasteiger charge is 2.40. The van der Waals surface area contributed by atoms with E-state index in [2.05, 4.69) is 36.1 Å². The maximum Gasteiger partial charge on any atom is 0.00509 e. The van der Waals surface area contributed by atoms with Crippen molar-refractivity contribution in [3.8, 4) is 0 Å². The van der Waals surface area contributed by atoms with Crippen molar-refractivity contribution in [2.45, 2.75) is 44.1 Å². The molecule has 4 rings (SSSR count). The summed E-state index contributed by atoms with van der Waals surface area (Å²) in [6.45, 7) is 5.95. The highest BCUT2D eigenvalue weighted by atomic mass is 15.1. The average Bonchev–Trinajstić information content (AvgIpc) is 2.41. The van der Waals surface area contributed by atoms with E-state index < -0.39 is 0 Å². The minimum atomic E-state index is 0.256. The molecule has 1 aromatic rings. The third-order valence-electron chi connectivity index (χ3n) is 4.84. The molecule has 2 N–H and O–H groups in total. The summed E-state index contributed by atoms with van der Waals surface area (Å²) in [5, 5.41) is 0. The smallest absolute Gasteiger partial charge is 0.00509 e. The van der Waals surface area contributed by atoms with Gasteiger partial charge in [0.2, 0.25) is 0 Å². The molecule has 2 bridgehead atoms. The highest BCUT2D eigenvalue weighted by Crippen LogP contribution is 2.42. The molecule has 0 saturated carbocycles. The normalized spacial score (nSPS) is 32.4. The Morgan fingerprint density at radius 2 is 1.67 bits per heavy atom. The fraction of sp³-hybridized carbons (Fsp3) is 0.625. The van der Waals surface area contributed by atoms with Gasteiger partial charge in [0.1, 0.15) is 0 Å². The molecule has 0 amide bonds. The number of benzene rings is 1. The van der Waals surface area contributed by atoms with Crippen LogP contribution >= 0.6 is 0 Å². The second kappa shape index (κ2) is 4.67. The van der Waals surface area contributed by atoms with E-state index in [1.165, 1.54) is 44.5 Å². The van der Waals surface area contributed by atoms with Crippen LogP contribution in [0.25, 0.3) is 0 Å². The molecular weight excluding hydrogens is 220 g/mol. The van der Waals surface area contributed by atoms with Gasteiger partial charge in [-0.1, -0.05) is 24.3 Å². The predicted molar refractivity (Wildman–Crippen MR) is 75.8 cm³/mol. The van der Waals surface area contributed by atoms with Crippen molar-refractivity contribution < 1.29 is 0 Å². The summed E-state index contributed by atoms with van der Waals surface area (Å²) in [4.78, 5) is 2.60. The van der Waals surface area contributed by atoms with Gasteiger partial charge in [0, 0.05) is 6.04 Å². The van der Waals surface area contributed by atoms with Crippen LogP contribution in [0, 0.1) is 0 Å². The lowest BCUT2D eigenvalue weighted by atomic mass is 9.67. The minimum Gasteiger partial charge on any atom is -0.328 e. The van der Waals surface area contributed by atoms with E-state index >= 15 is 0 Å². The van der Waals surface area contributed by atoms with Gasteiger partial charge >= 0.3 is 0 Å². The molecule has 3 fully saturated rings. The van der Waals surface area contributed by atoms with Crippen LogP contribution in [-0.4, -0.2) is 30.6 Å². The number of fused-ring (bicyclic) bond motifs is 3. The van der Waals surface area contributed by atoms with E-state index in [9.17, 15) is 0 Å². The number of hydrogen-bond acceptors (Lipinski definition) is 2. The van der Waals surface area contributed by atoms with E-state index in [0.717, 1.165) is 6.42 Å². The summed E-state index contributed by atoms with van der Waals surface area (Å²) in [7, 11) is 0. The number of nitrogens with zero attached hydrogens (tertiary/aromatic N) is 1. The monoisotopic (exact) mass is 244 g/mol. The van der Waals surface area contributed by atoms with Gasteiger partial charge in [-0.25, -0.2) is 0 Å². The van der Waals surface area contributed by atoms with Gasteiger partial charge in [-0.2, -0.15) is 0 Å². The molecule has 3 aliphatic heterocycles. The van der Waals surface area contributed by atoms with Gasteiger partial charge in [-0.3, -0.25) is 0 Å². The Bertz CT molecular complexity index is 386. The molecule has 98 valence electrons. The van der Waals surface area contributed by atoms with Crippen molar-refractivity contribution in [3.05, 3.63) is 35.4 Å². The summed E-state index contributed by atoms with van der Waals surface area (Å²) in [6.07, 6.45) is 5.03. The lowest BCUT2D eigenvalue weighted by Crippen LogP contribution is -2.50. The molecule has 3 saturated heterocycles. The molecule has 0 spiro atoms. The van der Waals surface area contributed by atoms with Gasteiger partial charge in [-0.05, 0) is 68.8 Å². The Kier molecular flexibility index (Phi) is 3.16. The molecule has 2 nitrogen and oxygen atoms in total. The number of nitrogens with two attached hydrogens (primary N) is 1. The Morgan fingerprint density at radius 1 is 1.11 bits per heavy atom. The topological polar surface area (TPSA) is 29.3 Å². The van der Waals surface area contributed by atoms with Gasteiger partial charge < -0.3 is 10.6 Å². The summed E-state index contributed by atoms with van der Waals surface area (Å²) < 4.78 is 0. The van der Waals surface area contributed by atoms with Crippen LogP contribution in [0.1, 0.15) is 37.3 Å². The fourth-order valence-electron chi connectivity index (χ4n) is 3.63. The maximum absolute atomic E-state index is 5.86. The first-order chi connectivity index (χ1) is 8.68. The van der Waals surface area contributed by atoms with Crippen molar-refractivity contribution >= 4 is 0 Å². The Morgan fingerprint density at radius 3 is 2.17 bits per heavy atom. The zero-order chi connectivity index (χ0) is 12.6. The average molecular weight is 244 g/mol. The molecule has 1 atom stereocenters. The van der Waals surface area contributed by atoms with Crippen LogP contribution in [0.3, 0.4) is 0 Å². The van der Waals surface area contributed by atoms with Crippen molar-refractivity contribution in [2.75, 3.05) is 19.6 Å². The number of hydrogen-bond donors (Lipinski definition) is 1. The summed E-state index contributed by atoms with van der Waals surface area (Å²) in [6, 6.07) is 9.55. The summed E-state index contributed by atoms with van der Waals surface area (Å²) in [5.74, 6) is 0. The molecule has 1 aromatic carbocycles. The quantitative estimate of drug-likeness (QED) is 0.884. The molecular formula is C16H24N2. The van der Waals surface area contributed by atoms with Crippen LogP contribution in [0.5, 0.6) is 0 Å². The van der Waals surface area contributed by atoms with Gasteiger partial charge in [0.15, 0.2) is 0 Å². The van der Waals surface area contributed by atoms with Crippen molar-refractivity contribution in [3.63, 3.8) is 0 Å². The first-order valence-corrected chi connectivity index (χ1v) is 7.25. The minimum absolute atomic E-state index is 0.256. The summed E-state index contributed by atoms with van der Waals surface area (Å²) >= 11 is 0. The first-order valence-electron chi connectivity index (χ1n) is 7.25. The largest absolute Gasteiger partial charge is 0.328 e. The van der Waals surface area contributed by atoms with Crippen LogP contribution in [-0.2, 0) is 11.8 Å². The Labute approximate surface area is 110 Å². The maximum atomic E-state index is 5.86. The zero-order valence-electron chi connectivity index (χ0n) is 11.4. The lowest BCUT2D eigenvalue weighted by Gasteiger charge is -2.49. The SMILES string of the molecule is CC(N)Cc1ccc(C23CCN(CC2)CC3)cc1. The van der Waals surface area contributed by atoms with E-state index in [0.29, 0.717) is 5.41 Å². The second-order valence-corrected chi connectivity index (χ2v) is 6.25.